The van der Waals surface area contributed by atoms with Crippen LogP contribution in [-0.4, -0.2) is 15.5 Å². The Balaban J connectivity index is 1.91. The summed E-state index contributed by atoms with van der Waals surface area (Å²) in [5.41, 5.74) is 5.03. The summed E-state index contributed by atoms with van der Waals surface area (Å²) >= 11 is 0. The van der Waals surface area contributed by atoms with Gasteiger partial charge in [-0.25, -0.2) is 4.79 Å². The first-order chi connectivity index (χ1) is 11.6. The van der Waals surface area contributed by atoms with E-state index in [-0.39, 0.29) is 11.6 Å². The molecule has 1 aromatic heterocycles. The number of nitrogens with one attached hydrogen (secondary N) is 2. The smallest absolute Gasteiger partial charge is 0.326 e. The summed E-state index contributed by atoms with van der Waals surface area (Å²) in [4.78, 5) is 26.2. The summed E-state index contributed by atoms with van der Waals surface area (Å²) in [6, 6.07) is 13.9. The molecule has 124 valence electrons. The van der Waals surface area contributed by atoms with Crippen molar-refractivity contribution in [3.05, 3.63) is 69.6 Å². The van der Waals surface area contributed by atoms with E-state index in [4.69, 9.17) is 0 Å². The number of rotatable bonds is 5. The molecule has 0 bridgehead atoms. The van der Waals surface area contributed by atoms with Gasteiger partial charge in [0.25, 0.3) is 0 Å². The zero-order valence-corrected chi connectivity index (χ0v) is 13.9. The quantitative estimate of drug-likeness (QED) is 0.758. The Hall–Kier alpha value is -2.82. The van der Waals surface area contributed by atoms with Gasteiger partial charge in [-0.2, -0.15) is 0 Å². The third kappa shape index (κ3) is 3.25. The molecule has 0 saturated carbocycles. The Morgan fingerprint density at radius 3 is 2.71 bits per heavy atom. The molecule has 0 atom stereocenters. The van der Waals surface area contributed by atoms with Crippen LogP contribution in [0.1, 0.15) is 30.5 Å². The van der Waals surface area contributed by atoms with E-state index in [0.29, 0.717) is 13.1 Å². The van der Waals surface area contributed by atoms with Crippen molar-refractivity contribution in [3.8, 4) is 0 Å². The Labute approximate surface area is 140 Å². The van der Waals surface area contributed by atoms with E-state index in [1.54, 1.807) is 4.57 Å². The number of amides is 1. The van der Waals surface area contributed by atoms with Gasteiger partial charge in [-0.15, -0.1) is 0 Å². The fourth-order valence-corrected chi connectivity index (χ4v) is 2.95. The maximum Gasteiger partial charge on any atom is 0.326 e. The van der Waals surface area contributed by atoms with Gasteiger partial charge in [-0.3, -0.25) is 9.36 Å². The number of carbonyl (C=O) groups excluding carboxylic acids is 1. The number of H-pyrrole nitrogens is 1. The van der Waals surface area contributed by atoms with Crippen molar-refractivity contribution in [2.75, 3.05) is 0 Å². The average Bonchev–Trinajstić information content (AvgIpc) is 2.89. The lowest BCUT2D eigenvalue weighted by Crippen LogP contribution is -2.20. The molecule has 0 aliphatic rings. The van der Waals surface area contributed by atoms with E-state index in [0.717, 1.165) is 28.6 Å². The van der Waals surface area contributed by atoms with Gasteiger partial charge < -0.3 is 10.3 Å². The highest BCUT2D eigenvalue weighted by atomic mass is 16.1. The molecule has 2 N–H and O–H groups in total. The highest BCUT2D eigenvalue weighted by Gasteiger charge is 2.08. The molecule has 5 heteroatoms. The van der Waals surface area contributed by atoms with Crippen LogP contribution < -0.4 is 11.0 Å². The molecule has 1 amide bonds. The first kappa shape index (κ1) is 16.1. The molecule has 0 fully saturated rings. The highest BCUT2D eigenvalue weighted by molar-refractivity contribution is 5.75. The number of aryl methyl sites for hydroxylation is 1. The fraction of sp³-hybridized carbons (Fsp3) is 0.263. The van der Waals surface area contributed by atoms with Gasteiger partial charge in [-0.1, -0.05) is 37.3 Å². The molecule has 24 heavy (non-hydrogen) atoms. The summed E-state index contributed by atoms with van der Waals surface area (Å²) in [5.74, 6) is -0.0357. The van der Waals surface area contributed by atoms with E-state index in [9.17, 15) is 9.59 Å². The molecule has 1 heterocycles. The summed E-state index contributed by atoms with van der Waals surface area (Å²) in [5, 5.41) is 2.84. The molecule has 0 unspecified atom stereocenters. The second-order valence-corrected chi connectivity index (χ2v) is 5.90. The first-order valence-corrected chi connectivity index (χ1v) is 8.11. The summed E-state index contributed by atoms with van der Waals surface area (Å²) in [7, 11) is 0. The molecule has 5 nitrogen and oxygen atoms in total. The molecule has 3 rings (SSSR count). The fourth-order valence-electron chi connectivity index (χ4n) is 2.95. The van der Waals surface area contributed by atoms with Gasteiger partial charge in [-0.05, 0) is 35.2 Å². The van der Waals surface area contributed by atoms with Crippen molar-refractivity contribution in [1.29, 1.82) is 0 Å². The van der Waals surface area contributed by atoms with Gasteiger partial charge in [0.1, 0.15) is 0 Å². The number of aromatic nitrogens is 2. The zero-order chi connectivity index (χ0) is 17.1. The highest BCUT2D eigenvalue weighted by Crippen LogP contribution is 2.16. The third-order valence-corrected chi connectivity index (χ3v) is 4.20. The second kappa shape index (κ2) is 6.74. The van der Waals surface area contributed by atoms with Crippen molar-refractivity contribution >= 4 is 16.9 Å². The van der Waals surface area contributed by atoms with Crippen LogP contribution in [0.25, 0.3) is 11.0 Å². The number of carbonyl (C=O) groups is 1. The van der Waals surface area contributed by atoms with Crippen LogP contribution in [0.2, 0.25) is 0 Å². The Morgan fingerprint density at radius 2 is 1.96 bits per heavy atom. The zero-order valence-electron chi connectivity index (χ0n) is 13.9. The minimum atomic E-state index is -0.100. The molecule has 0 aliphatic carbocycles. The van der Waals surface area contributed by atoms with Crippen molar-refractivity contribution < 1.29 is 4.79 Å². The number of benzene rings is 2. The molecule has 3 aromatic rings. The number of aromatic amines is 1. The maximum atomic E-state index is 12.2. The largest absolute Gasteiger partial charge is 0.352 e. The minimum Gasteiger partial charge on any atom is -0.352 e. The van der Waals surface area contributed by atoms with E-state index in [1.165, 1.54) is 12.5 Å². The third-order valence-electron chi connectivity index (χ3n) is 4.20. The van der Waals surface area contributed by atoms with Crippen LogP contribution in [-0.2, 0) is 24.3 Å². The standard InChI is InChI=1S/C19H21N3O2/c1-3-15-10-14(8-9-16(15)11-20-13(2)23)12-22-18-7-5-4-6-17(18)21-19(22)24/h4-10H,3,11-12H2,1-2H3,(H,20,23)(H,21,24). The Morgan fingerprint density at radius 1 is 1.17 bits per heavy atom. The molecule has 0 saturated heterocycles. The monoisotopic (exact) mass is 323 g/mol. The molecule has 0 spiro atoms. The molecular weight excluding hydrogens is 302 g/mol. The topological polar surface area (TPSA) is 66.9 Å². The normalized spacial score (nSPS) is 10.9. The number of para-hydroxylation sites is 2. The van der Waals surface area contributed by atoms with Crippen molar-refractivity contribution in [2.24, 2.45) is 0 Å². The second-order valence-electron chi connectivity index (χ2n) is 5.90. The van der Waals surface area contributed by atoms with Gasteiger partial charge in [0, 0.05) is 13.5 Å². The number of hydrogen-bond acceptors (Lipinski definition) is 2. The summed E-state index contributed by atoms with van der Waals surface area (Å²) in [6.45, 7) is 4.67. The van der Waals surface area contributed by atoms with Crippen molar-refractivity contribution in [2.45, 2.75) is 33.4 Å². The van der Waals surface area contributed by atoms with Crippen LogP contribution in [0.5, 0.6) is 0 Å². The van der Waals surface area contributed by atoms with Gasteiger partial charge in [0.05, 0.1) is 17.6 Å². The number of imidazole rings is 1. The lowest BCUT2D eigenvalue weighted by Gasteiger charge is -2.11. The van der Waals surface area contributed by atoms with E-state index in [1.807, 2.05) is 36.4 Å². The van der Waals surface area contributed by atoms with Crippen LogP contribution >= 0.6 is 0 Å². The van der Waals surface area contributed by atoms with Gasteiger partial charge in [0.2, 0.25) is 5.91 Å². The minimum absolute atomic E-state index is 0.0357. The maximum absolute atomic E-state index is 12.2. The summed E-state index contributed by atoms with van der Waals surface area (Å²) in [6.07, 6.45) is 0.880. The van der Waals surface area contributed by atoms with Gasteiger partial charge in [0.15, 0.2) is 0 Å². The van der Waals surface area contributed by atoms with E-state index in [2.05, 4.69) is 23.3 Å². The first-order valence-electron chi connectivity index (χ1n) is 8.11. The van der Waals surface area contributed by atoms with Gasteiger partial charge >= 0.3 is 5.69 Å². The van der Waals surface area contributed by atoms with E-state index < -0.39 is 0 Å². The van der Waals surface area contributed by atoms with Crippen LogP contribution in [0.3, 0.4) is 0 Å². The lowest BCUT2D eigenvalue weighted by molar-refractivity contribution is -0.119. The van der Waals surface area contributed by atoms with Crippen LogP contribution in [0.15, 0.2) is 47.3 Å². The molecule has 2 aromatic carbocycles. The number of fused-ring (bicyclic) bond motifs is 1. The number of hydrogen-bond donors (Lipinski definition) is 2. The molecule has 0 aliphatic heterocycles. The van der Waals surface area contributed by atoms with Crippen LogP contribution in [0.4, 0.5) is 0 Å². The van der Waals surface area contributed by atoms with Crippen molar-refractivity contribution in [3.63, 3.8) is 0 Å². The number of nitrogens with zero attached hydrogens (tertiary/aromatic N) is 1. The molecular formula is C19H21N3O2. The van der Waals surface area contributed by atoms with Crippen molar-refractivity contribution in [1.82, 2.24) is 14.9 Å². The molecule has 0 radical (unpaired) electrons. The van der Waals surface area contributed by atoms with E-state index >= 15 is 0 Å². The van der Waals surface area contributed by atoms with Crippen LogP contribution in [0, 0.1) is 0 Å². The Kier molecular flexibility index (Phi) is 4.51. The summed E-state index contributed by atoms with van der Waals surface area (Å²) < 4.78 is 1.75. The predicted octanol–water partition coefficient (Wildman–Crippen LogP) is 2.58. The Bertz CT molecular complexity index is 937. The average molecular weight is 323 g/mol. The lowest BCUT2D eigenvalue weighted by atomic mass is 10.0. The SMILES string of the molecule is CCc1cc(Cn2c(=O)[nH]c3ccccc32)ccc1CNC(C)=O. The predicted molar refractivity (Wildman–Crippen MR) is 95.0 cm³/mol.